The summed E-state index contributed by atoms with van der Waals surface area (Å²) in [6, 6.07) is 7.73. The Morgan fingerprint density at radius 3 is 2.50 bits per heavy atom. The molecule has 0 amide bonds. The van der Waals surface area contributed by atoms with E-state index in [1.807, 2.05) is 31.2 Å². The van der Waals surface area contributed by atoms with Gasteiger partial charge in [0, 0.05) is 6.54 Å². The van der Waals surface area contributed by atoms with Crippen molar-refractivity contribution in [3.63, 3.8) is 0 Å². The third kappa shape index (κ3) is 4.07. The molecule has 0 aliphatic rings. The molecule has 1 rings (SSSR count). The minimum atomic E-state index is -0.932. The quantitative estimate of drug-likeness (QED) is 0.677. The first-order valence-electron chi connectivity index (χ1n) is 7.57. The predicted molar refractivity (Wildman–Crippen MR) is 82.9 cm³/mol. The third-order valence-electron chi connectivity index (χ3n) is 4.04. The molecule has 0 bridgehead atoms. The summed E-state index contributed by atoms with van der Waals surface area (Å²) in [6.07, 6.45) is 6.19. The van der Waals surface area contributed by atoms with E-state index in [1.54, 1.807) is 0 Å². The Balaban J connectivity index is 2.84. The average molecular weight is 277 g/mol. The van der Waals surface area contributed by atoms with E-state index in [9.17, 15) is 9.90 Å². The van der Waals surface area contributed by atoms with Crippen molar-refractivity contribution in [2.45, 2.75) is 57.8 Å². The molecule has 0 spiro atoms. The number of rotatable bonds is 9. The van der Waals surface area contributed by atoms with Crippen molar-refractivity contribution in [2.24, 2.45) is 5.73 Å². The number of carboxylic acid groups (broad SMARTS) is 1. The van der Waals surface area contributed by atoms with Gasteiger partial charge in [0.25, 0.3) is 0 Å². The highest BCUT2D eigenvalue weighted by Crippen LogP contribution is 2.30. The lowest BCUT2D eigenvalue weighted by Gasteiger charge is -2.29. The fourth-order valence-electron chi connectivity index (χ4n) is 2.66. The lowest BCUT2D eigenvalue weighted by Crippen LogP contribution is -2.43. The number of aliphatic carboxylic acids is 1. The molecule has 3 heteroatoms. The highest BCUT2D eigenvalue weighted by molar-refractivity contribution is 5.81. The van der Waals surface area contributed by atoms with Gasteiger partial charge in [-0.15, -0.1) is 0 Å². The van der Waals surface area contributed by atoms with Crippen LogP contribution in [0.5, 0.6) is 0 Å². The van der Waals surface area contributed by atoms with Gasteiger partial charge in [-0.3, -0.25) is 4.79 Å². The van der Waals surface area contributed by atoms with Gasteiger partial charge in [-0.25, -0.2) is 0 Å². The van der Waals surface area contributed by atoms with Gasteiger partial charge in [-0.2, -0.15) is 0 Å². The van der Waals surface area contributed by atoms with Crippen LogP contribution in [0.2, 0.25) is 0 Å². The maximum Gasteiger partial charge on any atom is 0.315 e. The van der Waals surface area contributed by atoms with Crippen molar-refractivity contribution in [2.75, 3.05) is 6.54 Å². The lowest BCUT2D eigenvalue weighted by atomic mass is 9.76. The molecule has 0 radical (unpaired) electrons. The monoisotopic (exact) mass is 277 g/mol. The summed E-state index contributed by atoms with van der Waals surface area (Å²) in [5.74, 6) is -0.805. The molecule has 0 heterocycles. The number of aryl methyl sites for hydroxylation is 1. The summed E-state index contributed by atoms with van der Waals surface area (Å²) in [7, 11) is 0. The first-order chi connectivity index (χ1) is 9.56. The second-order valence-corrected chi connectivity index (χ2v) is 5.63. The number of hydrogen-bond donors (Lipinski definition) is 2. The molecule has 1 unspecified atom stereocenters. The molecular weight excluding hydrogens is 250 g/mol. The van der Waals surface area contributed by atoms with Crippen LogP contribution in [0.3, 0.4) is 0 Å². The number of unbranched alkanes of at least 4 members (excludes halogenated alkanes) is 4. The fraction of sp³-hybridized carbons (Fsp3) is 0.588. The number of nitrogens with two attached hydrogens (primary N) is 1. The van der Waals surface area contributed by atoms with E-state index in [0.717, 1.165) is 24.0 Å². The predicted octanol–water partition coefficient (Wildman–Crippen LogP) is 3.64. The first-order valence-corrected chi connectivity index (χ1v) is 7.57. The first kappa shape index (κ1) is 16.7. The zero-order valence-electron chi connectivity index (χ0n) is 12.7. The summed E-state index contributed by atoms with van der Waals surface area (Å²) in [5.41, 5.74) is 6.83. The maximum absolute atomic E-state index is 11.8. The average Bonchev–Trinajstić information content (AvgIpc) is 2.43. The summed E-state index contributed by atoms with van der Waals surface area (Å²) in [5, 5.41) is 9.69. The van der Waals surface area contributed by atoms with E-state index in [1.165, 1.54) is 19.3 Å². The molecule has 0 aliphatic carbocycles. The molecule has 112 valence electrons. The van der Waals surface area contributed by atoms with Crippen LogP contribution in [0, 0.1) is 6.92 Å². The van der Waals surface area contributed by atoms with Crippen LogP contribution >= 0.6 is 0 Å². The number of hydrogen-bond acceptors (Lipinski definition) is 2. The highest BCUT2D eigenvalue weighted by atomic mass is 16.4. The van der Waals surface area contributed by atoms with Gasteiger partial charge in [-0.1, -0.05) is 68.9 Å². The van der Waals surface area contributed by atoms with Gasteiger partial charge < -0.3 is 10.8 Å². The summed E-state index contributed by atoms with van der Waals surface area (Å²) in [4.78, 5) is 11.8. The van der Waals surface area contributed by atoms with Gasteiger partial charge in [-0.05, 0) is 18.9 Å². The Bertz CT molecular complexity index is 431. The van der Waals surface area contributed by atoms with Crippen LogP contribution in [0.1, 0.15) is 56.6 Å². The molecule has 0 aliphatic heterocycles. The molecule has 20 heavy (non-hydrogen) atoms. The van der Waals surface area contributed by atoms with Crippen molar-refractivity contribution in [1.29, 1.82) is 0 Å². The molecular formula is C17H27NO2. The van der Waals surface area contributed by atoms with E-state index in [4.69, 9.17) is 5.73 Å². The Morgan fingerprint density at radius 2 is 1.95 bits per heavy atom. The van der Waals surface area contributed by atoms with Gasteiger partial charge >= 0.3 is 5.97 Å². The number of benzene rings is 1. The molecule has 3 nitrogen and oxygen atoms in total. The summed E-state index contributed by atoms with van der Waals surface area (Å²) in [6.45, 7) is 4.31. The molecule has 0 aromatic heterocycles. The van der Waals surface area contributed by atoms with Gasteiger partial charge in [0.1, 0.15) is 5.41 Å². The smallest absolute Gasteiger partial charge is 0.315 e. The molecule has 3 N–H and O–H groups in total. The molecule has 0 saturated heterocycles. The lowest BCUT2D eigenvalue weighted by molar-refractivity contribution is -0.143. The standard InChI is InChI=1S/C17H27NO2/c1-3-4-5-6-7-11-17(13-18,16(19)20)15-10-8-9-14(2)12-15/h8-10,12H,3-7,11,13,18H2,1-2H3,(H,19,20). The van der Waals surface area contributed by atoms with Gasteiger partial charge in [0.2, 0.25) is 0 Å². The largest absolute Gasteiger partial charge is 0.481 e. The topological polar surface area (TPSA) is 63.3 Å². The fourth-order valence-corrected chi connectivity index (χ4v) is 2.66. The number of carbonyl (C=O) groups is 1. The molecule has 1 atom stereocenters. The molecule has 1 aromatic carbocycles. The van der Waals surface area contributed by atoms with E-state index in [0.29, 0.717) is 6.42 Å². The van der Waals surface area contributed by atoms with Gasteiger partial charge in [0.05, 0.1) is 0 Å². The Kier molecular flexibility index (Phi) is 6.73. The van der Waals surface area contributed by atoms with Crippen LogP contribution in [-0.4, -0.2) is 17.6 Å². The Morgan fingerprint density at radius 1 is 1.25 bits per heavy atom. The van der Waals surface area contributed by atoms with Crippen LogP contribution in [0.25, 0.3) is 0 Å². The molecule has 1 aromatic rings. The van der Waals surface area contributed by atoms with Crippen molar-refractivity contribution in [3.05, 3.63) is 35.4 Å². The van der Waals surface area contributed by atoms with Crippen molar-refractivity contribution in [1.82, 2.24) is 0 Å². The molecule has 0 fully saturated rings. The zero-order valence-corrected chi connectivity index (χ0v) is 12.7. The summed E-state index contributed by atoms with van der Waals surface area (Å²) >= 11 is 0. The van der Waals surface area contributed by atoms with E-state index < -0.39 is 11.4 Å². The second-order valence-electron chi connectivity index (χ2n) is 5.63. The minimum Gasteiger partial charge on any atom is -0.481 e. The Hall–Kier alpha value is -1.35. The number of carboxylic acids is 1. The van der Waals surface area contributed by atoms with E-state index in [-0.39, 0.29) is 6.54 Å². The second kappa shape index (κ2) is 8.05. The maximum atomic E-state index is 11.8. The van der Waals surface area contributed by atoms with Crippen molar-refractivity contribution < 1.29 is 9.90 Å². The molecule has 0 saturated carbocycles. The van der Waals surface area contributed by atoms with Crippen LogP contribution in [-0.2, 0) is 10.2 Å². The third-order valence-corrected chi connectivity index (χ3v) is 4.04. The van der Waals surface area contributed by atoms with Crippen LogP contribution < -0.4 is 5.73 Å². The van der Waals surface area contributed by atoms with Crippen LogP contribution in [0.4, 0.5) is 0 Å². The normalized spacial score (nSPS) is 13.9. The van der Waals surface area contributed by atoms with Crippen LogP contribution in [0.15, 0.2) is 24.3 Å². The Labute approximate surface area is 122 Å². The van der Waals surface area contributed by atoms with E-state index in [2.05, 4.69) is 6.92 Å². The van der Waals surface area contributed by atoms with Crippen molar-refractivity contribution in [3.8, 4) is 0 Å². The minimum absolute atomic E-state index is 0.152. The van der Waals surface area contributed by atoms with E-state index >= 15 is 0 Å². The summed E-state index contributed by atoms with van der Waals surface area (Å²) < 4.78 is 0. The zero-order chi connectivity index (χ0) is 15.0. The SMILES string of the molecule is CCCCCCCC(CN)(C(=O)O)c1cccc(C)c1. The highest BCUT2D eigenvalue weighted by Gasteiger charge is 2.38. The van der Waals surface area contributed by atoms with Crippen molar-refractivity contribution >= 4 is 5.97 Å². The van der Waals surface area contributed by atoms with Gasteiger partial charge in [0.15, 0.2) is 0 Å².